The van der Waals surface area contributed by atoms with Gasteiger partial charge in [0.25, 0.3) is 0 Å². The van der Waals surface area contributed by atoms with Crippen molar-refractivity contribution in [1.29, 1.82) is 0 Å². The fraction of sp³-hybridized carbons (Fsp3) is 0.500. The topological polar surface area (TPSA) is 40.5 Å². The number of amides is 1. The molecule has 90 valence electrons. The molecule has 3 rings (SSSR count). The largest absolute Gasteiger partial charge is 0.391 e. The Labute approximate surface area is 101 Å². The maximum absolute atomic E-state index is 11.8. The van der Waals surface area contributed by atoms with Crippen molar-refractivity contribution in [3.63, 3.8) is 0 Å². The van der Waals surface area contributed by atoms with E-state index in [0.717, 1.165) is 18.5 Å². The third-order valence-electron chi connectivity index (χ3n) is 3.77. The third kappa shape index (κ3) is 1.84. The minimum Gasteiger partial charge on any atom is -0.391 e. The maximum Gasteiger partial charge on any atom is 0.229 e. The Bertz CT molecular complexity index is 456. The van der Waals surface area contributed by atoms with Crippen molar-refractivity contribution in [1.82, 2.24) is 0 Å². The van der Waals surface area contributed by atoms with Crippen LogP contribution >= 0.6 is 0 Å². The minimum atomic E-state index is -0.498. The van der Waals surface area contributed by atoms with Crippen molar-refractivity contribution in [2.45, 2.75) is 38.2 Å². The van der Waals surface area contributed by atoms with Crippen LogP contribution in [0.15, 0.2) is 18.2 Å². The first-order chi connectivity index (χ1) is 8.25. The Balaban J connectivity index is 2.00. The summed E-state index contributed by atoms with van der Waals surface area (Å²) in [7, 11) is 0. The first-order valence-electron chi connectivity index (χ1n) is 6.35. The van der Waals surface area contributed by atoms with Crippen molar-refractivity contribution in [2.75, 3.05) is 11.4 Å². The van der Waals surface area contributed by atoms with Gasteiger partial charge in [-0.2, -0.15) is 0 Å². The molecule has 1 amide bonds. The van der Waals surface area contributed by atoms with Gasteiger partial charge in [0, 0.05) is 5.69 Å². The highest BCUT2D eigenvalue weighted by atomic mass is 16.3. The Morgan fingerprint density at radius 2 is 2.06 bits per heavy atom. The van der Waals surface area contributed by atoms with E-state index in [4.69, 9.17) is 0 Å². The van der Waals surface area contributed by atoms with Crippen LogP contribution in [0.2, 0.25) is 0 Å². The standard InChI is InChI=1S/C14H17NO2/c16-11-8-14(17)15(9-11)13-7-3-5-10-4-1-2-6-12(10)13/h3,5,7,11,16H,1-2,4,6,8-9H2. The summed E-state index contributed by atoms with van der Waals surface area (Å²) in [5, 5.41) is 9.57. The maximum atomic E-state index is 11.8. The summed E-state index contributed by atoms with van der Waals surface area (Å²) in [6, 6.07) is 6.20. The molecule has 0 radical (unpaired) electrons. The van der Waals surface area contributed by atoms with Gasteiger partial charge in [0.15, 0.2) is 0 Å². The summed E-state index contributed by atoms with van der Waals surface area (Å²) in [6.07, 6.45) is 4.40. The van der Waals surface area contributed by atoms with Crippen LogP contribution in [0, 0.1) is 0 Å². The molecule has 1 unspecified atom stereocenters. The molecule has 3 heteroatoms. The van der Waals surface area contributed by atoms with Crippen molar-refractivity contribution in [3.8, 4) is 0 Å². The fourth-order valence-electron chi connectivity index (χ4n) is 2.94. The van der Waals surface area contributed by atoms with E-state index in [0.29, 0.717) is 6.54 Å². The summed E-state index contributed by atoms with van der Waals surface area (Å²) < 4.78 is 0. The third-order valence-corrected chi connectivity index (χ3v) is 3.77. The number of hydrogen-bond donors (Lipinski definition) is 1. The summed E-state index contributed by atoms with van der Waals surface area (Å²) in [5.41, 5.74) is 3.73. The van der Waals surface area contributed by atoms with Gasteiger partial charge in [0.2, 0.25) is 5.91 Å². The molecular weight excluding hydrogens is 214 g/mol. The highest BCUT2D eigenvalue weighted by molar-refractivity contribution is 5.97. The summed E-state index contributed by atoms with van der Waals surface area (Å²) in [4.78, 5) is 13.6. The average Bonchev–Trinajstić information content (AvgIpc) is 2.68. The van der Waals surface area contributed by atoms with Crippen LogP contribution < -0.4 is 4.90 Å². The lowest BCUT2D eigenvalue weighted by Gasteiger charge is -2.24. The smallest absolute Gasteiger partial charge is 0.229 e. The quantitative estimate of drug-likeness (QED) is 0.798. The second kappa shape index (κ2) is 4.15. The molecule has 1 atom stereocenters. The van der Waals surface area contributed by atoms with Gasteiger partial charge in [-0.1, -0.05) is 12.1 Å². The highest BCUT2D eigenvalue weighted by Crippen LogP contribution is 2.32. The molecule has 3 nitrogen and oxygen atoms in total. The van der Waals surface area contributed by atoms with E-state index < -0.39 is 6.10 Å². The molecule has 1 aliphatic carbocycles. The molecule has 2 aliphatic rings. The summed E-state index contributed by atoms with van der Waals surface area (Å²) in [6.45, 7) is 0.454. The molecule has 1 fully saturated rings. The van der Waals surface area contributed by atoms with Crippen LogP contribution in [-0.4, -0.2) is 23.7 Å². The number of aliphatic hydroxyl groups excluding tert-OH is 1. The lowest BCUT2D eigenvalue weighted by atomic mass is 9.90. The molecule has 1 heterocycles. The van der Waals surface area contributed by atoms with E-state index >= 15 is 0 Å². The number of aryl methyl sites for hydroxylation is 1. The molecule has 1 aliphatic heterocycles. The lowest BCUT2D eigenvalue weighted by Crippen LogP contribution is -2.27. The molecule has 0 saturated carbocycles. The molecule has 0 aromatic heterocycles. The number of rotatable bonds is 1. The van der Waals surface area contributed by atoms with Gasteiger partial charge in [-0.25, -0.2) is 0 Å². The van der Waals surface area contributed by atoms with Gasteiger partial charge >= 0.3 is 0 Å². The van der Waals surface area contributed by atoms with Crippen LogP contribution in [0.4, 0.5) is 5.69 Å². The molecule has 1 N–H and O–H groups in total. The SMILES string of the molecule is O=C1CC(O)CN1c1cccc2c1CCCC2. The Kier molecular flexibility index (Phi) is 2.63. The number of β-amino-alcohol motifs (C(OH)–C–C–N with tert-alkyl or cyclic N) is 1. The lowest BCUT2D eigenvalue weighted by molar-refractivity contribution is -0.117. The van der Waals surface area contributed by atoms with E-state index in [9.17, 15) is 9.90 Å². The Hall–Kier alpha value is -1.35. The van der Waals surface area contributed by atoms with Crippen LogP contribution in [0.1, 0.15) is 30.4 Å². The molecule has 0 bridgehead atoms. The van der Waals surface area contributed by atoms with E-state index in [1.807, 2.05) is 12.1 Å². The molecule has 17 heavy (non-hydrogen) atoms. The van der Waals surface area contributed by atoms with Crippen molar-refractivity contribution >= 4 is 11.6 Å². The molecule has 0 spiro atoms. The second-order valence-electron chi connectivity index (χ2n) is 4.98. The second-order valence-corrected chi connectivity index (χ2v) is 4.98. The number of carbonyl (C=O) groups excluding carboxylic acids is 1. The molecule has 1 aromatic carbocycles. The van der Waals surface area contributed by atoms with Gasteiger partial charge in [-0.15, -0.1) is 0 Å². The van der Waals surface area contributed by atoms with E-state index in [1.54, 1.807) is 4.90 Å². The van der Waals surface area contributed by atoms with Gasteiger partial charge in [0.1, 0.15) is 0 Å². The predicted molar refractivity (Wildman–Crippen MR) is 66.1 cm³/mol. The number of aliphatic hydroxyl groups is 1. The number of benzene rings is 1. The fourth-order valence-corrected chi connectivity index (χ4v) is 2.94. The zero-order chi connectivity index (χ0) is 11.8. The first kappa shape index (κ1) is 10.8. The van der Waals surface area contributed by atoms with E-state index in [-0.39, 0.29) is 12.3 Å². The highest BCUT2D eigenvalue weighted by Gasteiger charge is 2.31. The van der Waals surface area contributed by atoms with Crippen molar-refractivity contribution in [3.05, 3.63) is 29.3 Å². The molecule has 1 aromatic rings. The van der Waals surface area contributed by atoms with E-state index in [1.165, 1.54) is 24.0 Å². The first-order valence-corrected chi connectivity index (χ1v) is 6.35. The Morgan fingerprint density at radius 1 is 1.24 bits per heavy atom. The summed E-state index contributed by atoms with van der Waals surface area (Å²) in [5.74, 6) is 0.0523. The van der Waals surface area contributed by atoms with Gasteiger partial charge < -0.3 is 10.0 Å². The van der Waals surface area contributed by atoms with Gasteiger partial charge in [0.05, 0.1) is 19.1 Å². The zero-order valence-corrected chi connectivity index (χ0v) is 9.85. The van der Waals surface area contributed by atoms with Crippen molar-refractivity contribution < 1.29 is 9.90 Å². The number of fused-ring (bicyclic) bond motifs is 1. The number of hydrogen-bond acceptors (Lipinski definition) is 2. The van der Waals surface area contributed by atoms with Crippen LogP contribution in [-0.2, 0) is 17.6 Å². The number of nitrogens with zero attached hydrogens (tertiary/aromatic N) is 1. The average molecular weight is 231 g/mol. The molecular formula is C14H17NO2. The molecule has 1 saturated heterocycles. The zero-order valence-electron chi connectivity index (χ0n) is 9.85. The number of anilines is 1. The van der Waals surface area contributed by atoms with Crippen LogP contribution in [0.3, 0.4) is 0 Å². The monoisotopic (exact) mass is 231 g/mol. The normalized spacial score (nSPS) is 23.9. The predicted octanol–water partition coefficient (Wildman–Crippen LogP) is 1.66. The van der Waals surface area contributed by atoms with Gasteiger partial charge in [-0.05, 0) is 42.9 Å². The summed E-state index contributed by atoms with van der Waals surface area (Å²) >= 11 is 0. The van der Waals surface area contributed by atoms with Gasteiger partial charge in [-0.3, -0.25) is 4.79 Å². The van der Waals surface area contributed by atoms with Crippen LogP contribution in [0.25, 0.3) is 0 Å². The Morgan fingerprint density at radius 3 is 2.82 bits per heavy atom. The van der Waals surface area contributed by atoms with Crippen molar-refractivity contribution in [2.24, 2.45) is 0 Å². The van der Waals surface area contributed by atoms with E-state index in [2.05, 4.69) is 6.07 Å². The number of carbonyl (C=O) groups is 1. The van der Waals surface area contributed by atoms with Crippen LogP contribution in [0.5, 0.6) is 0 Å². The minimum absolute atomic E-state index is 0.0523.